The second-order valence-corrected chi connectivity index (χ2v) is 8.52. The molecular formula is C21H41ClO. The fourth-order valence-corrected chi connectivity index (χ4v) is 4.33. The standard InChI is InChI=1S/C21H41ClO/c1-5-7-8-9-10-11-12-13-14-15-16-17-19(3)20(4)21(22,23-20)18-6-2/h19H,5-18H2,1-4H3. The van der Waals surface area contributed by atoms with E-state index >= 15 is 0 Å². The monoisotopic (exact) mass is 344 g/mol. The molecule has 0 spiro atoms. The maximum absolute atomic E-state index is 6.57. The van der Waals surface area contributed by atoms with Crippen LogP contribution in [0.2, 0.25) is 0 Å². The molecule has 1 aliphatic rings. The summed E-state index contributed by atoms with van der Waals surface area (Å²) in [5, 5.41) is -0.362. The van der Waals surface area contributed by atoms with Crippen molar-refractivity contribution in [3.8, 4) is 0 Å². The third-order valence-corrected chi connectivity index (χ3v) is 6.47. The molecule has 0 N–H and O–H groups in total. The summed E-state index contributed by atoms with van der Waals surface area (Å²) in [7, 11) is 0. The van der Waals surface area contributed by atoms with Crippen LogP contribution in [0.3, 0.4) is 0 Å². The highest BCUT2D eigenvalue weighted by Gasteiger charge is 2.67. The first-order valence-electron chi connectivity index (χ1n) is 10.4. The quantitative estimate of drug-likeness (QED) is 0.167. The Morgan fingerprint density at radius 3 is 1.74 bits per heavy atom. The van der Waals surface area contributed by atoms with Gasteiger partial charge in [-0.1, -0.05) is 109 Å². The fourth-order valence-electron chi connectivity index (χ4n) is 3.79. The number of alkyl halides is 1. The van der Waals surface area contributed by atoms with E-state index in [-0.39, 0.29) is 10.7 Å². The number of unbranched alkanes of at least 4 members (excludes halogenated alkanes) is 10. The molecule has 0 radical (unpaired) electrons. The third-order valence-electron chi connectivity index (χ3n) is 5.83. The van der Waals surface area contributed by atoms with E-state index in [1.807, 2.05) is 0 Å². The van der Waals surface area contributed by atoms with Gasteiger partial charge in [-0.25, -0.2) is 0 Å². The topological polar surface area (TPSA) is 12.5 Å². The Morgan fingerprint density at radius 2 is 1.26 bits per heavy atom. The molecule has 2 heteroatoms. The van der Waals surface area contributed by atoms with Gasteiger partial charge in [-0.05, 0) is 25.7 Å². The number of halogens is 1. The lowest BCUT2D eigenvalue weighted by Gasteiger charge is -2.18. The molecule has 1 heterocycles. The molecule has 0 aromatic carbocycles. The molecule has 0 amide bonds. The lowest BCUT2D eigenvalue weighted by Crippen LogP contribution is -2.25. The maximum atomic E-state index is 6.57. The predicted octanol–water partition coefficient (Wildman–Crippen LogP) is 7.85. The highest BCUT2D eigenvalue weighted by atomic mass is 35.5. The minimum absolute atomic E-state index is 0.0803. The summed E-state index contributed by atoms with van der Waals surface area (Å²) in [6, 6.07) is 0. The van der Waals surface area contributed by atoms with Gasteiger partial charge in [0.25, 0.3) is 0 Å². The van der Waals surface area contributed by atoms with E-state index in [1.54, 1.807) is 0 Å². The molecule has 3 unspecified atom stereocenters. The largest absolute Gasteiger partial charge is 0.346 e. The Morgan fingerprint density at radius 1 is 0.783 bits per heavy atom. The third kappa shape index (κ3) is 6.94. The van der Waals surface area contributed by atoms with Crippen molar-refractivity contribution in [2.24, 2.45) is 5.92 Å². The van der Waals surface area contributed by atoms with Gasteiger partial charge >= 0.3 is 0 Å². The highest BCUT2D eigenvalue weighted by molar-refractivity contribution is 6.25. The van der Waals surface area contributed by atoms with Gasteiger partial charge in [0.2, 0.25) is 0 Å². The molecule has 0 aromatic rings. The van der Waals surface area contributed by atoms with E-state index in [1.165, 1.54) is 77.0 Å². The van der Waals surface area contributed by atoms with Crippen LogP contribution in [-0.2, 0) is 4.74 Å². The van der Waals surface area contributed by atoms with Crippen molar-refractivity contribution in [2.45, 2.75) is 128 Å². The smallest absolute Gasteiger partial charge is 0.171 e. The molecule has 1 fully saturated rings. The van der Waals surface area contributed by atoms with Gasteiger partial charge in [0, 0.05) is 0 Å². The van der Waals surface area contributed by atoms with Crippen LogP contribution in [0.5, 0.6) is 0 Å². The lowest BCUT2D eigenvalue weighted by atomic mass is 9.86. The van der Waals surface area contributed by atoms with Crippen molar-refractivity contribution in [1.29, 1.82) is 0 Å². The van der Waals surface area contributed by atoms with E-state index in [2.05, 4.69) is 27.7 Å². The fraction of sp³-hybridized carbons (Fsp3) is 1.00. The first-order valence-corrected chi connectivity index (χ1v) is 10.8. The zero-order valence-electron chi connectivity index (χ0n) is 16.3. The van der Waals surface area contributed by atoms with E-state index in [0.717, 1.165) is 12.8 Å². The van der Waals surface area contributed by atoms with Gasteiger partial charge < -0.3 is 4.74 Å². The van der Waals surface area contributed by atoms with Crippen LogP contribution in [0.1, 0.15) is 118 Å². The van der Waals surface area contributed by atoms with Crippen molar-refractivity contribution in [3.05, 3.63) is 0 Å². The summed E-state index contributed by atoms with van der Waals surface area (Å²) in [5.74, 6) is 0.574. The van der Waals surface area contributed by atoms with Crippen LogP contribution < -0.4 is 0 Å². The minimum atomic E-state index is -0.362. The van der Waals surface area contributed by atoms with Crippen molar-refractivity contribution in [3.63, 3.8) is 0 Å². The van der Waals surface area contributed by atoms with Crippen LogP contribution >= 0.6 is 11.6 Å². The molecule has 1 aliphatic heterocycles. The molecule has 1 nitrogen and oxygen atoms in total. The number of hydrogen-bond acceptors (Lipinski definition) is 1. The van der Waals surface area contributed by atoms with Crippen LogP contribution in [0.15, 0.2) is 0 Å². The van der Waals surface area contributed by atoms with Crippen LogP contribution in [0.25, 0.3) is 0 Å². The summed E-state index contributed by atoms with van der Waals surface area (Å²) >= 11 is 6.57. The van der Waals surface area contributed by atoms with Gasteiger partial charge in [0.05, 0.1) is 0 Å². The number of ether oxygens (including phenoxy) is 1. The SMILES string of the molecule is CCCCCCCCCCCCCC(C)C1(C)OC1(Cl)CCC. The summed E-state index contributed by atoms with van der Waals surface area (Å²) in [6.45, 7) is 8.99. The molecule has 0 aliphatic carbocycles. The number of hydrogen-bond donors (Lipinski definition) is 0. The van der Waals surface area contributed by atoms with Crippen molar-refractivity contribution >= 4 is 11.6 Å². The molecule has 1 rings (SSSR count). The molecule has 23 heavy (non-hydrogen) atoms. The molecule has 0 bridgehead atoms. The van der Waals surface area contributed by atoms with Gasteiger partial charge in [-0.3, -0.25) is 0 Å². The normalized spacial score (nSPS) is 28.0. The average molecular weight is 345 g/mol. The van der Waals surface area contributed by atoms with Crippen LogP contribution in [0.4, 0.5) is 0 Å². The first kappa shape index (κ1) is 21.3. The Balaban J connectivity index is 1.93. The van der Waals surface area contributed by atoms with Crippen LogP contribution in [-0.4, -0.2) is 10.7 Å². The van der Waals surface area contributed by atoms with Crippen molar-refractivity contribution in [2.75, 3.05) is 0 Å². The summed E-state index contributed by atoms with van der Waals surface area (Å²) < 4.78 is 5.91. The predicted molar refractivity (Wildman–Crippen MR) is 103 cm³/mol. The molecule has 1 saturated heterocycles. The maximum Gasteiger partial charge on any atom is 0.171 e. The molecular weight excluding hydrogens is 304 g/mol. The van der Waals surface area contributed by atoms with Gasteiger partial charge in [-0.15, -0.1) is 0 Å². The first-order chi connectivity index (χ1) is 11.0. The molecule has 3 atom stereocenters. The van der Waals surface area contributed by atoms with Crippen molar-refractivity contribution < 1.29 is 4.74 Å². The van der Waals surface area contributed by atoms with E-state index in [4.69, 9.17) is 16.3 Å². The zero-order valence-corrected chi connectivity index (χ0v) is 17.0. The van der Waals surface area contributed by atoms with Gasteiger partial charge in [0.1, 0.15) is 5.60 Å². The summed E-state index contributed by atoms with van der Waals surface area (Å²) in [6.07, 6.45) is 18.8. The second kappa shape index (κ2) is 11.0. The lowest BCUT2D eigenvalue weighted by molar-refractivity contribution is 0.228. The van der Waals surface area contributed by atoms with Gasteiger partial charge in [-0.2, -0.15) is 0 Å². The van der Waals surface area contributed by atoms with Gasteiger partial charge in [0.15, 0.2) is 5.06 Å². The summed E-state index contributed by atoms with van der Waals surface area (Å²) in [5.41, 5.74) is -0.0803. The van der Waals surface area contributed by atoms with E-state index < -0.39 is 0 Å². The van der Waals surface area contributed by atoms with Crippen molar-refractivity contribution in [1.82, 2.24) is 0 Å². The Labute approximate surface area is 150 Å². The second-order valence-electron chi connectivity index (χ2n) is 7.91. The van der Waals surface area contributed by atoms with E-state index in [0.29, 0.717) is 5.92 Å². The number of rotatable bonds is 15. The zero-order chi connectivity index (χ0) is 17.2. The van der Waals surface area contributed by atoms with E-state index in [9.17, 15) is 0 Å². The minimum Gasteiger partial charge on any atom is -0.346 e. The summed E-state index contributed by atoms with van der Waals surface area (Å²) in [4.78, 5) is 0. The highest BCUT2D eigenvalue weighted by Crippen LogP contribution is 2.59. The average Bonchev–Trinajstić information content (AvgIpc) is 3.07. The van der Waals surface area contributed by atoms with Crippen LogP contribution in [0, 0.1) is 5.92 Å². The number of epoxide rings is 1. The Bertz CT molecular complexity index is 306. The molecule has 0 saturated carbocycles. The Kier molecular flexibility index (Phi) is 10.2. The molecule has 0 aromatic heterocycles. The Hall–Kier alpha value is 0.250. The molecule has 138 valence electrons.